The van der Waals surface area contributed by atoms with Gasteiger partial charge in [-0.1, -0.05) is 29.8 Å². The standard InChI is InChI=1S/C21H25N2O3S.CHF3O3S/c1-15-12-16(2)20(17(3)13-15)23-11-10-22(4)21(23)27(24,25)14-18-6-8-19(26-5)9-7-18;2-1(3,4)8(5,6)7/h6-13H,14H2,1-5H3;(H,5,6,7)/q+1;/p-1. The van der Waals surface area contributed by atoms with Gasteiger partial charge >= 0.3 is 10.7 Å². The third-order valence-corrected chi connectivity index (χ3v) is 7.22. The molecule has 0 unspecified atom stereocenters. The molecule has 1 heterocycles. The van der Waals surface area contributed by atoms with Crippen LogP contribution in [0.4, 0.5) is 13.2 Å². The van der Waals surface area contributed by atoms with E-state index in [4.69, 9.17) is 17.7 Å². The fourth-order valence-corrected chi connectivity index (χ4v) is 5.27. The number of aryl methyl sites for hydroxylation is 4. The summed E-state index contributed by atoms with van der Waals surface area (Å²) in [6.07, 6.45) is 3.59. The Morgan fingerprint density at radius 1 is 1.00 bits per heavy atom. The first-order chi connectivity index (χ1) is 16.0. The third kappa shape index (κ3) is 6.83. The maximum atomic E-state index is 13.2. The molecule has 3 aromatic rings. The molecule has 8 nitrogen and oxygen atoms in total. The summed E-state index contributed by atoms with van der Waals surface area (Å²) in [6, 6.07) is 11.3. The quantitative estimate of drug-likeness (QED) is 0.282. The molecule has 0 radical (unpaired) electrons. The largest absolute Gasteiger partial charge is 0.741 e. The predicted octanol–water partition coefficient (Wildman–Crippen LogP) is 3.26. The van der Waals surface area contributed by atoms with Crippen LogP contribution in [0.3, 0.4) is 0 Å². The highest BCUT2D eigenvalue weighted by Gasteiger charge is 2.37. The number of aromatic nitrogens is 2. The number of hydrogen-bond acceptors (Lipinski definition) is 6. The summed E-state index contributed by atoms with van der Waals surface area (Å²) in [7, 11) is -6.30. The number of halogens is 3. The van der Waals surface area contributed by atoms with E-state index >= 15 is 0 Å². The minimum absolute atomic E-state index is 0.0706. The van der Waals surface area contributed by atoms with Gasteiger partial charge in [0.2, 0.25) is 0 Å². The van der Waals surface area contributed by atoms with Gasteiger partial charge in [0.25, 0.3) is 9.84 Å². The van der Waals surface area contributed by atoms with Gasteiger partial charge in [-0.15, -0.1) is 0 Å². The normalized spacial score (nSPS) is 12.1. The molecule has 0 aliphatic carbocycles. The number of imidazole rings is 1. The molecule has 0 saturated heterocycles. The number of hydrogen-bond donors (Lipinski definition) is 0. The molecule has 0 spiro atoms. The van der Waals surface area contributed by atoms with E-state index in [0.29, 0.717) is 5.75 Å². The van der Waals surface area contributed by atoms with Crippen LogP contribution in [0.15, 0.2) is 53.9 Å². The molecule has 0 aliphatic rings. The molecule has 2 aromatic carbocycles. The number of sulfone groups is 1. The van der Waals surface area contributed by atoms with Crippen LogP contribution in [-0.4, -0.2) is 38.6 Å². The molecule has 0 N–H and O–H groups in total. The lowest BCUT2D eigenvalue weighted by atomic mass is 10.1. The molecule has 0 aliphatic heterocycles. The van der Waals surface area contributed by atoms with Crippen LogP contribution >= 0.6 is 0 Å². The molecule has 0 atom stereocenters. The van der Waals surface area contributed by atoms with E-state index in [-0.39, 0.29) is 10.9 Å². The average molecular weight is 535 g/mol. The Balaban J connectivity index is 0.000000466. The third-order valence-electron chi connectivity index (χ3n) is 4.90. The maximum absolute atomic E-state index is 13.2. The Labute approximate surface area is 202 Å². The number of methoxy groups -OCH3 is 1. The van der Waals surface area contributed by atoms with Gasteiger partial charge in [-0.05, 0) is 49.6 Å². The SMILES string of the molecule is COc1ccc(CS(=O)(=O)c2n(-c3c(C)cc(C)cc3C)cc[n+]2C)cc1.O=S(=O)([O-])C(F)(F)F. The first-order valence-electron chi connectivity index (χ1n) is 10.0. The fourth-order valence-electron chi connectivity index (χ4n) is 3.56. The second kappa shape index (κ2) is 10.4. The Morgan fingerprint density at radius 2 is 1.49 bits per heavy atom. The molecule has 13 heteroatoms. The number of nitrogens with zero attached hydrogens (tertiary/aromatic N) is 2. The van der Waals surface area contributed by atoms with Crippen molar-refractivity contribution < 1.29 is 43.9 Å². The van der Waals surface area contributed by atoms with Crippen molar-refractivity contribution in [1.29, 1.82) is 0 Å². The lowest BCUT2D eigenvalue weighted by molar-refractivity contribution is -0.709. The summed E-state index contributed by atoms with van der Waals surface area (Å²) < 4.78 is 94.0. The van der Waals surface area contributed by atoms with Crippen LogP contribution in [0, 0.1) is 20.8 Å². The van der Waals surface area contributed by atoms with Gasteiger partial charge in [0.1, 0.15) is 23.8 Å². The van der Waals surface area contributed by atoms with E-state index in [2.05, 4.69) is 12.1 Å². The summed E-state index contributed by atoms with van der Waals surface area (Å²) >= 11 is 0. The second-order valence-electron chi connectivity index (χ2n) is 7.82. The molecule has 0 amide bonds. The first-order valence-corrected chi connectivity index (χ1v) is 13.1. The molecule has 1 aromatic heterocycles. The van der Waals surface area contributed by atoms with Crippen LogP contribution < -0.4 is 9.30 Å². The molecule has 3 rings (SSSR count). The monoisotopic (exact) mass is 534 g/mol. The van der Waals surface area contributed by atoms with Crippen LogP contribution in [0.2, 0.25) is 0 Å². The summed E-state index contributed by atoms with van der Waals surface area (Å²) in [5.41, 5.74) is -0.759. The minimum Gasteiger partial charge on any atom is -0.741 e. The Bertz CT molecular complexity index is 1390. The van der Waals surface area contributed by atoms with Crippen molar-refractivity contribution in [2.24, 2.45) is 7.05 Å². The summed E-state index contributed by atoms with van der Waals surface area (Å²) in [4.78, 5) is 0. The second-order valence-corrected chi connectivity index (χ2v) is 11.1. The van der Waals surface area contributed by atoms with Gasteiger partial charge < -0.3 is 9.29 Å². The molecule has 0 bridgehead atoms. The highest BCUT2D eigenvalue weighted by Crippen LogP contribution is 2.25. The van der Waals surface area contributed by atoms with E-state index in [1.807, 2.05) is 27.0 Å². The van der Waals surface area contributed by atoms with Gasteiger partial charge in [-0.2, -0.15) is 17.7 Å². The van der Waals surface area contributed by atoms with Crippen LogP contribution in [0.1, 0.15) is 22.3 Å². The van der Waals surface area contributed by atoms with Crippen molar-refractivity contribution in [3.8, 4) is 11.4 Å². The van der Waals surface area contributed by atoms with E-state index in [9.17, 15) is 21.6 Å². The zero-order valence-electron chi connectivity index (χ0n) is 19.6. The smallest absolute Gasteiger partial charge is 0.485 e. The predicted molar refractivity (Wildman–Crippen MR) is 121 cm³/mol. The van der Waals surface area contributed by atoms with Gasteiger partial charge in [0, 0.05) is 0 Å². The number of alkyl halides is 3. The molecular weight excluding hydrogens is 509 g/mol. The first kappa shape index (κ1) is 28.3. The lowest BCUT2D eigenvalue weighted by Gasteiger charge is -2.10. The van der Waals surface area contributed by atoms with E-state index in [1.54, 1.807) is 53.8 Å². The minimum atomic E-state index is -6.09. The molecular formula is C22H25F3N2O6S2. The average Bonchev–Trinajstić information content (AvgIpc) is 3.08. The number of ether oxygens (including phenoxy) is 1. The summed E-state index contributed by atoms with van der Waals surface area (Å²) in [5.74, 6) is 0.634. The Morgan fingerprint density at radius 3 is 1.91 bits per heavy atom. The van der Waals surface area contributed by atoms with E-state index in [1.165, 1.54) is 0 Å². The Kier molecular flexibility index (Phi) is 8.40. The van der Waals surface area contributed by atoms with Gasteiger partial charge in [-0.25, -0.2) is 21.4 Å². The van der Waals surface area contributed by atoms with Crippen molar-refractivity contribution in [1.82, 2.24) is 4.57 Å². The highest BCUT2D eigenvalue weighted by atomic mass is 32.2. The highest BCUT2D eigenvalue weighted by molar-refractivity contribution is 7.90. The molecule has 0 fully saturated rings. The maximum Gasteiger partial charge on any atom is 0.485 e. The van der Waals surface area contributed by atoms with E-state index < -0.39 is 25.5 Å². The summed E-state index contributed by atoms with van der Waals surface area (Å²) in [6.45, 7) is 6.06. The molecule has 0 saturated carbocycles. The van der Waals surface area contributed by atoms with Crippen molar-refractivity contribution in [2.45, 2.75) is 37.2 Å². The number of benzene rings is 2. The van der Waals surface area contributed by atoms with Gasteiger partial charge in [0.05, 0.1) is 19.9 Å². The van der Waals surface area contributed by atoms with Crippen LogP contribution in [0.25, 0.3) is 5.69 Å². The van der Waals surface area contributed by atoms with Gasteiger partial charge in [0.15, 0.2) is 10.1 Å². The topological polar surface area (TPSA) is 109 Å². The fraction of sp³-hybridized carbons (Fsp3) is 0.318. The zero-order valence-corrected chi connectivity index (χ0v) is 21.3. The van der Waals surface area contributed by atoms with Crippen LogP contribution in [0.5, 0.6) is 5.75 Å². The van der Waals surface area contributed by atoms with Crippen molar-refractivity contribution >= 4 is 20.0 Å². The lowest BCUT2D eigenvalue weighted by Crippen LogP contribution is -2.35. The van der Waals surface area contributed by atoms with Crippen molar-refractivity contribution in [2.75, 3.05) is 7.11 Å². The summed E-state index contributed by atoms with van der Waals surface area (Å²) in [5, 5.41) is 0.272. The zero-order chi connectivity index (χ0) is 26.8. The van der Waals surface area contributed by atoms with E-state index in [0.717, 1.165) is 27.9 Å². The molecule has 35 heavy (non-hydrogen) atoms. The Hall–Kier alpha value is -2.90. The van der Waals surface area contributed by atoms with Gasteiger partial charge in [-0.3, -0.25) is 0 Å². The van der Waals surface area contributed by atoms with Crippen molar-refractivity contribution in [3.05, 3.63) is 71.0 Å². The molecule has 192 valence electrons. The van der Waals surface area contributed by atoms with Crippen LogP contribution in [-0.2, 0) is 32.8 Å². The number of rotatable bonds is 5. The van der Waals surface area contributed by atoms with Crippen molar-refractivity contribution in [3.63, 3.8) is 0 Å².